The molecule has 29 heavy (non-hydrogen) atoms. The number of likely N-dealkylation sites (N-methyl/N-ethyl adjacent to an activating group) is 1. The minimum atomic E-state index is -0.499. The van der Waals surface area contributed by atoms with E-state index in [1.807, 2.05) is 36.3 Å². The molecule has 0 fully saturated rings. The summed E-state index contributed by atoms with van der Waals surface area (Å²) in [6, 6.07) is 16.5. The van der Waals surface area contributed by atoms with Crippen molar-refractivity contribution in [3.63, 3.8) is 0 Å². The van der Waals surface area contributed by atoms with Crippen LogP contribution in [0.25, 0.3) is 5.57 Å². The van der Waals surface area contributed by atoms with Gasteiger partial charge >= 0.3 is 0 Å². The van der Waals surface area contributed by atoms with Crippen LogP contribution in [0.5, 0.6) is 11.6 Å². The fourth-order valence-electron chi connectivity index (χ4n) is 3.03. The highest BCUT2D eigenvalue weighted by molar-refractivity contribution is 6.28. The summed E-state index contributed by atoms with van der Waals surface area (Å²) >= 11 is 5.73. The molecular weight excluding hydrogens is 391 g/mol. The first-order valence-corrected chi connectivity index (χ1v) is 9.43. The summed E-state index contributed by atoms with van der Waals surface area (Å²) in [7, 11) is 1.97. The first kappa shape index (κ1) is 19.1. The average Bonchev–Trinajstić information content (AvgIpc) is 2.72. The second kappa shape index (κ2) is 8.41. The van der Waals surface area contributed by atoms with Gasteiger partial charge in [-0.2, -0.15) is 4.98 Å². The second-order valence-electron chi connectivity index (χ2n) is 6.61. The van der Waals surface area contributed by atoms with Gasteiger partial charge in [-0.25, -0.2) is 9.37 Å². The van der Waals surface area contributed by atoms with Crippen LogP contribution in [0.4, 0.5) is 4.39 Å². The molecule has 0 amide bonds. The Labute approximate surface area is 173 Å². The third-order valence-electron chi connectivity index (χ3n) is 4.54. The van der Waals surface area contributed by atoms with Crippen molar-refractivity contribution in [3.05, 3.63) is 89.2 Å². The zero-order chi connectivity index (χ0) is 20.2. The van der Waals surface area contributed by atoms with Gasteiger partial charge in [-0.1, -0.05) is 36.4 Å². The van der Waals surface area contributed by atoms with Crippen molar-refractivity contribution in [1.29, 1.82) is 0 Å². The molecule has 2 heterocycles. The van der Waals surface area contributed by atoms with Gasteiger partial charge < -0.3 is 9.64 Å². The van der Waals surface area contributed by atoms with Gasteiger partial charge in [0.1, 0.15) is 6.17 Å². The molecule has 7 heteroatoms. The average molecular weight is 409 g/mol. The Morgan fingerprint density at radius 3 is 2.69 bits per heavy atom. The van der Waals surface area contributed by atoms with Crippen LogP contribution in [0.1, 0.15) is 11.1 Å². The van der Waals surface area contributed by atoms with Gasteiger partial charge in [0.25, 0.3) is 0 Å². The first-order chi connectivity index (χ1) is 14.1. The van der Waals surface area contributed by atoms with E-state index in [1.165, 1.54) is 23.9 Å². The molecule has 0 bridgehead atoms. The van der Waals surface area contributed by atoms with Gasteiger partial charge in [0.05, 0.1) is 0 Å². The topological polar surface area (TPSA) is 50.6 Å². The Morgan fingerprint density at radius 2 is 1.97 bits per heavy atom. The molecule has 4 rings (SSSR count). The minimum Gasteiger partial charge on any atom is -0.436 e. The maximum Gasteiger partial charge on any atom is 0.225 e. The Morgan fingerprint density at radius 1 is 1.14 bits per heavy atom. The molecule has 2 aromatic carbocycles. The normalized spacial score (nSPS) is 15.9. The lowest BCUT2D eigenvalue weighted by Gasteiger charge is -2.27. The number of aromatic nitrogens is 2. The maximum atomic E-state index is 14.6. The van der Waals surface area contributed by atoms with E-state index >= 15 is 0 Å². The number of rotatable bonds is 5. The van der Waals surface area contributed by atoms with Gasteiger partial charge in [0.15, 0.2) is 11.6 Å². The van der Waals surface area contributed by atoms with Gasteiger partial charge in [-0.15, -0.1) is 0 Å². The predicted molar refractivity (Wildman–Crippen MR) is 112 cm³/mol. The molecule has 5 nitrogen and oxygen atoms in total. The van der Waals surface area contributed by atoms with Crippen molar-refractivity contribution in [3.8, 4) is 11.6 Å². The summed E-state index contributed by atoms with van der Waals surface area (Å²) in [4.78, 5) is 14.3. The van der Waals surface area contributed by atoms with E-state index in [0.29, 0.717) is 5.56 Å². The van der Waals surface area contributed by atoms with Crippen molar-refractivity contribution in [2.24, 2.45) is 4.99 Å². The third-order valence-corrected chi connectivity index (χ3v) is 4.72. The van der Waals surface area contributed by atoms with Crippen LogP contribution >= 0.6 is 11.6 Å². The molecule has 146 valence electrons. The highest BCUT2D eigenvalue weighted by Crippen LogP contribution is 2.28. The molecule has 0 N–H and O–H groups in total. The number of benzene rings is 2. The number of halogens is 2. The molecule has 1 unspecified atom stereocenters. The van der Waals surface area contributed by atoms with Gasteiger partial charge in [-0.3, -0.25) is 4.99 Å². The lowest BCUT2D eigenvalue weighted by atomic mass is 10.0. The zero-order valence-corrected chi connectivity index (χ0v) is 16.4. The summed E-state index contributed by atoms with van der Waals surface area (Å²) in [6.07, 6.45) is 6.02. The van der Waals surface area contributed by atoms with E-state index in [9.17, 15) is 4.39 Å². The van der Waals surface area contributed by atoms with Crippen LogP contribution in [-0.4, -0.2) is 34.3 Å². The number of allylic oxidation sites excluding steroid dienone is 1. The number of hydrogen-bond acceptors (Lipinski definition) is 5. The fraction of sp³-hybridized carbons (Fsp3) is 0.136. The lowest BCUT2D eigenvalue weighted by Crippen LogP contribution is -2.30. The molecule has 0 spiro atoms. The van der Waals surface area contributed by atoms with Crippen LogP contribution in [-0.2, 0) is 6.42 Å². The Hall–Kier alpha value is -3.25. The quantitative estimate of drug-likeness (QED) is 0.558. The lowest BCUT2D eigenvalue weighted by molar-refractivity contribution is 0.336. The molecule has 1 aromatic heterocycles. The van der Waals surface area contributed by atoms with Crippen LogP contribution in [0.2, 0.25) is 5.28 Å². The SMILES string of the molecule is CN1C=C(c2ccc(Oc3ccnc(Cl)n3)c(F)c2)C=NC1Cc1ccccc1. The maximum absolute atomic E-state index is 14.6. The van der Waals surface area contributed by atoms with E-state index in [0.717, 1.165) is 12.0 Å². The van der Waals surface area contributed by atoms with E-state index in [1.54, 1.807) is 18.3 Å². The molecular formula is C22H18ClFN4O. The summed E-state index contributed by atoms with van der Waals surface area (Å²) in [6.45, 7) is 0. The highest BCUT2D eigenvalue weighted by atomic mass is 35.5. The summed E-state index contributed by atoms with van der Waals surface area (Å²) in [5.41, 5.74) is 2.76. The number of ether oxygens (including phenoxy) is 1. The largest absolute Gasteiger partial charge is 0.436 e. The van der Waals surface area contributed by atoms with Crippen LogP contribution < -0.4 is 4.74 Å². The standard InChI is InChI=1S/C22H18ClFN4O/c1-28-14-17(13-26-20(28)11-15-5-3-2-4-6-15)16-7-8-19(18(24)12-16)29-21-9-10-25-22(23)27-21/h2-10,12-14,20H,11H2,1H3. The fourth-order valence-corrected chi connectivity index (χ4v) is 3.17. The van der Waals surface area contributed by atoms with E-state index < -0.39 is 5.82 Å². The minimum absolute atomic E-state index is 0.0103. The monoisotopic (exact) mass is 408 g/mol. The van der Waals surface area contributed by atoms with Crippen molar-refractivity contribution >= 4 is 23.4 Å². The highest BCUT2D eigenvalue weighted by Gasteiger charge is 2.17. The Balaban J connectivity index is 1.48. The third kappa shape index (κ3) is 4.60. The van der Waals surface area contributed by atoms with E-state index in [2.05, 4.69) is 27.1 Å². The second-order valence-corrected chi connectivity index (χ2v) is 6.95. The molecule has 0 saturated carbocycles. The molecule has 3 aromatic rings. The summed E-state index contributed by atoms with van der Waals surface area (Å²) in [5, 5.41) is 0.0381. The Bertz CT molecular complexity index is 1070. The van der Waals surface area contributed by atoms with Gasteiger partial charge in [0.2, 0.25) is 11.2 Å². The Kier molecular flexibility index (Phi) is 5.53. The summed E-state index contributed by atoms with van der Waals surface area (Å²) < 4.78 is 20.0. The van der Waals surface area contributed by atoms with Crippen LogP contribution in [0.3, 0.4) is 0 Å². The van der Waals surface area contributed by atoms with Crippen LogP contribution in [0, 0.1) is 5.82 Å². The molecule has 0 aliphatic carbocycles. The van der Waals surface area contributed by atoms with Crippen molar-refractivity contribution in [2.45, 2.75) is 12.6 Å². The molecule has 0 radical (unpaired) electrons. The smallest absolute Gasteiger partial charge is 0.225 e. The van der Waals surface area contributed by atoms with E-state index in [4.69, 9.17) is 16.3 Å². The van der Waals surface area contributed by atoms with Gasteiger partial charge in [0, 0.05) is 43.7 Å². The number of aliphatic imine (C=N–C) groups is 1. The number of nitrogens with zero attached hydrogens (tertiary/aromatic N) is 4. The number of hydrogen-bond donors (Lipinski definition) is 0. The molecule has 1 atom stereocenters. The molecule has 1 aliphatic heterocycles. The first-order valence-electron chi connectivity index (χ1n) is 9.06. The summed E-state index contributed by atoms with van der Waals surface area (Å²) in [5.74, 6) is -0.258. The molecule has 0 saturated heterocycles. The van der Waals surface area contributed by atoms with Crippen molar-refractivity contribution < 1.29 is 9.13 Å². The van der Waals surface area contributed by atoms with E-state index in [-0.39, 0.29) is 23.1 Å². The van der Waals surface area contributed by atoms with Gasteiger partial charge in [-0.05, 0) is 34.9 Å². The molecule has 1 aliphatic rings. The zero-order valence-electron chi connectivity index (χ0n) is 15.7. The van der Waals surface area contributed by atoms with Crippen molar-refractivity contribution in [2.75, 3.05) is 7.05 Å². The van der Waals surface area contributed by atoms with Crippen molar-refractivity contribution in [1.82, 2.24) is 14.9 Å². The van der Waals surface area contributed by atoms with Crippen LogP contribution in [0.15, 0.2) is 72.0 Å². The predicted octanol–water partition coefficient (Wildman–Crippen LogP) is 4.99.